The maximum atomic E-state index is 11.2. The van der Waals surface area contributed by atoms with Crippen molar-refractivity contribution in [1.82, 2.24) is 4.98 Å². The number of hydrogen-bond acceptors (Lipinski definition) is 5. The summed E-state index contributed by atoms with van der Waals surface area (Å²) in [5.41, 5.74) is 1.90. The summed E-state index contributed by atoms with van der Waals surface area (Å²) in [4.78, 5) is 15.8. The molecule has 0 saturated heterocycles. The molecule has 2 aromatic rings. The number of halogens is 1. The van der Waals surface area contributed by atoms with E-state index in [1.807, 2.05) is 29.6 Å². The fourth-order valence-electron chi connectivity index (χ4n) is 1.57. The lowest BCUT2D eigenvalue weighted by atomic mass is 10.2. The summed E-state index contributed by atoms with van der Waals surface area (Å²) in [6, 6.07) is 7.65. The highest BCUT2D eigenvalue weighted by Gasteiger charge is 2.09. The van der Waals surface area contributed by atoms with Crippen LogP contribution in [0, 0.1) is 0 Å². The molecule has 106 valence electrons. The van der Waals surface area contributed by atoms with Crippen LogP contribution < -0.4 is 0 Å². The fourth-order valence-corrected chi connectivity index (χ4v) is 3.53. The Balaban J connectivity index is 1.93. The van der Waals surface area contributed by atoms with Crippen LogP contribution in [0.15, 0.2) is 29.6 Å². The smallest absolute Gasteiger partial charge is 0.315 e. The first-order chi connectivity index (χ1) is 9.70. The third-order valence-corrected chi connectivity index (χ3v) is 4.62. The molecule has 1 heterocycles. The van der Waals surface area contributed by atoms with Gasteiger partial charge in [0.25, 0.3) is 0 Å². The van der Waals surface area contributed by atoms with Gasteiger partial charge in [-0.2, -0.15) is 0 Å². The van der Waals surface area contributed by atoms with Crippen LogP contribution in [0.3, 0.4) is 0 Å². The SMILES string of the molecule is CCOC(=O)CSCc1csc(-c2ccccc2Cl)n1. The predicted octanol–water partition coefficient (Wildman–Crippen LogP) is 4.26. The third-order valence-electron chi connectivity index (χ3n) is 2.43. The quantitative estimate of drug-likeness (QED) is 0.743. The van der Waals surface area contributed by atoms with E-state index in [0.29, 0.717) is 23.1 Å². The van der Waals surface area contributed by atoms with Crippen molar-refractivity contribution in [2.75, 3.05) is 12.4 Å². The lowest BCUT2D eigenvalue weighted by molar-refractivity contribution is -0.139. The molecule has 0 aliphatic carbocycles. The summed E-state index contributed by atoms with van der Waals surface area (Å²) in [6.07, 6.45) is 0. The number of rotatable bonds is 6. The van der Waals surface area contributed by atoms with Crippen molar-refractivity contribution in [3.05, 3.63) is 40.4 Å². The first-order valence-electron chi connectivity index (χ1n) is 6.13. The van der Waals surface area contributed by atoms with Gasteiger partial charge >= 0.3 is 5.97 Å². The number of carbonyl (C=O) groups is 1. The van der Waals surface area contributed by atoms with Gasteiger partial charge in [0.1, 0.15) is 5.01 Å². The van der Waals surface area contributed by atoms with Crippen LogP contribution in [-0.4, -0.2) is 23.3 Å². The average Bonchev–Trinajstić information content (AvgIpc) is 2.88. The number of thiazole rings is 1. The van der Waals surface area contributed by atoms with Crippen LogP contribution in [0.4, 0.5) is 0 Å². The summed E-state index contributed by atoms with van der Waals surface area (Å²) in [7, 11) is 0. The fraction of sp³-hybridized carbons (Fsp3) is 0.286. The number of esters is 1. The molecule has 6 heteroatoms. The molecule has 2 rings (SSSR count). The van der Waals surface area contributed by atoms with Crippen LogP contribution in [0.2, 0.25) is 5.02 Å². The summed E-state index contributed by atoms with van der Waals surface area (Å²) in [5.74, 6) is 0.867. The topological polar surface area (TPSA) is 39.2 Å². The van der Waals surface area contributed by atoms with E-state index in [-0.39, 0.29) is 5.97 Å². The van der Waals surface area contributed by atoms with Crippen molar-refractivity contribution in [2.45, 2.75) is 12.7 Å². The molecule has 0 amide bonds. The molecule has 0 saturated carbocycles. The molecule has 0 fully saturated rings. The normalized spacial score (nSPS) is 10.5. The van der Waals surface area contributed by atoms with Gasteiger partial charge in [-0.05, 0) is 13.0 Å². The number of benzene rings is 1. The minimum absolute atomic E-state index is 0.181. The average molecular weight is 328 g/mol. The zero-order valence-corrected chi connectivity index (χ0v) is 13.4. The van der Waals surface area contributed by atoms with Crippen molar-refractivity contribution < 1.29 is 9.53 Å². The van der Waals surface area contributed by atoms with E-state index in [0.717, 1.165) is 16.3 Å². The maximum absolute atomic E-state index is 11.2. The van der Waals surface area contributed by atoms with E-state index in [9.17, 15) is 4.79 Å². The van der Waals surface area contributed by atoms with Crippen molar-refractivity contribution in [3.63, 3.8) is 0 Å². The van der Waals surface area contributed by atoms with Gasteiger partial charge < -0.3 is 4.74 Å². The zero-order valence-electron chi connectivity index (χ0n) is 11.0. The van der Waals surface area contributed by atoms with Gasteiger partial charge in [-0.3, -0.25) is 4.79 Å². The van der Waals surface area contributed by atoms with E-state index in [2.05, 4.69) is 4.98 Å². The zero-order chi connectivity index (χ0) is 14.4. The number of thioether (sulfide) groups is 1. The largest absolute Gasteiger partial charge is 0.465 e. The van der Waals surface area contributed by atoms with Gasteiger partial charge in [0, 0.05) is 16.7 Å². The molecule has 1 aromatic carbocycles. The molecule has 0 aliphatic rings. The minimum atomic E-state index is -0.181. The van der Waals surface area contributed by atoms with Crippen LogP contribution in [0.25, 0.3) is 10.6 Å². The summed E-state index contributed by atoms with van der Waals surface area (Å²) < 4.78 is 4.88. The van der Waals surface area contributed by atoms with Gasteiger partial charge in [0.2, 0.25) is 0 Å². The second-order valence-electron chi connectivity index (χ2n) is 3.92. The highest BCUT2D eigenvalue weighted by atomic mass is 35.5. The molecule has 0 bridgehead atoms. The molecule has 0 atom stereocenters. The Morgan fingerprint density at radius 1 is 1.45 bits per heavy atom. The summed E-state index contributed by atoms with van der Waals surface area (Å²) >= 11 is 9.21. The Labute approximate surface area is 131 Å². The van der Waals surface area contributed by atoms with E-state index >= 15 is 0 Å². The number of ether oxygens (including phenoxy) is 1. The van der Waals surface area contributed by atoms with Gasteiger partial charge in [0.15, 0.2) is 0 Å². The standard InChI is InChI=1S/C14H14ClNO2S2/c1-2-18-13(17)9-19-7-10-8-20-14(16-10)11-5-3-4-6-12(11)15/h3-6,8H,2,7,9H2,1H3. The number of carbonyl (C=O) groups excluding carboxylic acids is 1. The van der Waals surface area contributed by atoms with Crippen molar-refractivity contribution in [3.8, 4) is 10.6 Å². The maximum Gasteiger partial charge on any atom is 0.315 e. The van der Waals surface area contributed by atoms with E-state index in [1.54, 1.807) is 18.3 Å². The minimum Gasteiger partial charge on any atom is -0.465 e. The monoisotopic (exact) mass is 327 g/mol. The number of aromatic nitrogens is 1. The first-order valence-corrected chi connectivity index (χ1v) is 8.54. The number of hydrogen-bond donors (Lipinski definition) is 0. The van der Waals surface area contributed by atoms with Crippen LogP contribution in [0.5, 0.6) is 0 Å². The van der Waals surface area contributed by atoms with Crippen LogP contribution >= 0.6 is 34.7 Å². The molecule has 3 nitrogen and oxygen atoms in total. The second-order valence-corrected chi connectivity index (χ2v) is 6.17. The Morgan fingerprint density at radius 2 is 2.25 bits per heavy atom. The molecule has 1 aromatic heterocycles. The Morgan fingerprint density at radius 3 is 3.00 bits per heavy atom. The van der Waals surface area contributed by atoms with Gasteiger partial charge in [-0.25, -0.2) is 4.98 Å². The predicted molar refractivity (Wildman–Crippen MR) is 85.4 cm³/mol. The lowest BCUT2D eigenvalue weighted by Crippen LogP contribution is -2.06. The molecule has 0 spiro atoms. The van der Waals surface area contributed by atoms with E-state index in [1.165, 1.54) is 11.8 Å². The molecule has 0 radical (unpaired) electrons. The summed E-state index contributed by atoms with van der Waals surface area (Å²) in [5, 5.41) is 3.60. The van der Waals surface area contributed by atoms with E-state index in [4.69, 9.17) is 16.3 Å². The first kappa shape index (κ1) is 15.4. The van der Waals surface area contributed by atoms with Crippen molar-refractivity contribution in [2.24, 2.45) is 0 Å². The van der Waals surface area contributed by atoms with Crippen LogP contribution in [0.1, 0.15) is 12.6 Å². The molecule has 20 heavy (non-hydrogen) atoms. The van der Waals surface area contributed by atoms with Crippen LogP contribution in [-0.2, 0) is 15.3 Å². The van der Waals surface area contributed by atoms with E-state index < -0.39 is 0 Å². The molecular formula is C14H14ClNO2S2. The summed E-state index contributed by atoms with van der Waals surface area (Å²) in [6.45, 7) is 2.23. The molecular weight excluding hydrogens is 314 g/mol. The molecule has 0 N–H and O–H groups in total. The Kier molecular flexibility index (Phi) is 5.88. The Hall–Kier alpha value is -1.04. The van der Waals surface area contributed by atoms with Crippen molar-refractivity contribution in [1.29, 1.82) is 0 Å². The lowest BCUT2D eigenvalue weighted by Gasteiger charge is -2.00. The second kappa shape index (κ2) is 7.67. The highest BCUT2D eigenvalue weighted by Crippen LogP contribution is 2.30. The molecule has 0 aliphatic heterocycles. The van der Waals surface area contributed by atoms with Gasteiger partial charge in [-0.15, -0.1) is 23.1 Å². The number of nitrogens with zero attached hydrogens (tertiary/aromatic N) is 1. The molecule has 0 unspecified atom stereocenters. The van der Waals surface area contributed by atoms with Gasteiger partial charge in [-0.1, -0.05) is 29.8 Å². The Bertz CT molecular complexity index is 586. The third kappa shape index (κ3) is 4.23. The highest BCUT2D eigenvalue weighted by molar-refractivity contribution is 7.99. The van der Waals surface area contributed by atoms with Gasteiger partial charge in [0.05, 0.1) is 23.1 Å². The van der Waals surface area contributed by atoms with Crippen molar-refractivity contribution >= 4 is 40.7 Å².